The lowest BCUT2D eigenvalue weighted by Crippen LogP contribution is -2.29. The van der Waals surface area contributed by atoms with E-state index in [0.29, 0.717) is 17.3 Å². The number of alkyl halides is 3. The minimum atomic E-state index is -4.70. The summed E-state index contributed by atoms with van der Waals surface area (Å²) in [6.07, 6.45) is -4.70. The van der Waals surface area contributed by atoms with Crippen molar-refractivity contribution in [3.63, 3.8) is 0 Å². The van der Waals surface area contributed by atoms with Crippen molar-refractivity contribution in [1.82, 2.24) is 10.3 Å². The number of hydrogen-bond donors (Lipinski definition) is 3. The van der Waals surface area contributed by atoms with Crippen LogP contribution in [0, 0.1) is 24.0 Å². The monoisotopic (exact) mass is 442 g/mol. The second-order valence-electron chi connectivity index (χ2n) is 6.51. The van der Waals surface area contributed by atoms with Gasteiger partial charge in [-0.2, -0.15) is 13.2 Å². The van der Waals surface area contributed by atoms with E-state index in [2.05, 4.69) is 15.6 Å². The lowest BCUT2D eigenvalue weighted by molar-refractivity contribution is -0.384. The summed E-state index contributed by atoms with van der Waals surface area (Å²) < 4.78 is 43.2. The Balaban J connectivity index is 2.02. The molecule has 1 heterocycles. The largest absolute Gasteiger partial charge is 0.462 e. The molecule has 3 N–H and O–H groups in total. The summed E-state index contributed by atoms with van der Waals surface area (Å²) in [6, 6.07) is 2.14. The Kier molecular flexibility index (Phi) is 7.26. The molecule has 0 saturated heterocycles. The molecule has 1 aromatic heterocycles. The van der Waals surface area contributed by atoms with Crippen molar-refractivity contribution in [3.05, 3.63) is 56.4 Å². The molecule has 0 aliphatic carbocycles. The number of rotatable bonds is 8. The normalized spacial score (nSPS) is 11.2. The SMILES string of the molecule is CCOC(=O)c1c(C)[nH]c(C(=O)NCCNc2ccc(C(F)(F)F)cc2[N+](=O)[O-])c1C. The molecule has 0 fully saturated rings. The zero-order chi connectivity index (χ0) is 23.3. The molecule has 0 unspecified atom stereocenters. The van der Waals surface area contributed by atoms with E-state index in [1.807, 2.05) is 0 Å². The number of esters is 1. The summed E-state index contributed by atoms with van der Waals surface area (Å²) in [5.74, 6) is -1.07. The highest BCUT2D eigenvalue weighted by atomic mass is 19.4. The van der Waals surface area contributed by atoms with Crippen molar-refractivity contribution in [1.29, 1.82) is 0 Å². The third kappa shape index (κ3) is 5.53. The Hall–Kier alpha value is -3.57. The molecule has 31 heavy (non-hydrogen) atoms. The Bertz CT molecular complexity index is 1000. The zero-order valence-electron chi connectivity index (χ0n) is 17.0. The van der Waals surface area contributed by atoms with Crippen molar-refractivity contribution in [2.45, 2.75) is 26.9 Å². The summed E-state index contributed by atoms with van der Waals surface area (Å²) in [4.78, 5) is 37.4. The number of aromatic amines is 1. The van der Waals surface area contributed by atoms with Crippen LogP contribution in [0.15, 0.2) is 18.2 Å². The number of ether oxygens (including phenoxy) is 1. The van der Waals surface area contributed by atoms with Crippen molar-refractivity contribution >= 4 is 23.3 Å². The van der Waals surface area contributed by atoms with Crippen LogP contribution < -0.4 is 10.6 Å². The van der Waals surface area contributed by atoms with Crippen LogP contribution >= 0.6 is 0 Å². The molecule has 1 aromatic carbocycles. The van der Waals surface area contributed by atoms with Gasteiger partial charge >= 0.3 is 12.1 Å². The molecular formula is C19H21F3N4O5. The third-order valence-electron chi connectivity index (χ3n) is 4.39. The first-order chi connectivity index (χ1) is 14.5. The minimum Gasteiger partial charge on any atom is -0.462 e. The Morgan fingerprint density at radius 2 is 1.90 bits per heavy atom. The molecule has 1 amide bonds. The van der Waals surface area contributed by atoms with Gasteiger partial charge in [-0.05, 0) is 38.5 Å². The molecule has 9 nitrogen and oxygen atoms in total. The fraction of sp³-hybridized carbons (Fsp3) is 0.368. The zero-order valence-corrected chi connectivity index (χ0v) is 17.0. The molecule has 0 spiro atoms. The molecule has 0 bridgehead atoms. The van der Waals surface area contributed by atoms with E-state index >= 15 is 0 Å². The Labute approximate surface area is 175 Å². The van der Waals surface area contributed by atoms with Gasteiger partial charge in [-0.15, -0.1) is 0 Å². The Morgan fingerprint density at radius 3 is 2.48 bits per heavy atom. The van der Waals surface area contributed by atoms with Gasteiger partial charge in [-0.3, -0.25) is 14.9 Å². The number of amides is 1. The molecule has 2 aromatic rings. The predicted molar refractivity (Wildman–Crippen MR) is 105 cm³/mol. The maximum Gasteiger partial charge on any atom is 0.416 e. The fourth-order valence-electron chi connectivity index (χ4n) is 2.96. The maximum atomic E-state index is 12.8. The highest BCUT2D eigenvalue weighted by Gasteiger charge is 2.33. The van der Waals surface area contributed by atoms with Gasteiger partial charge in [-0.25, -0.2) is 4.79 Å². The van der Waals surface area contributed by atoms with Crippen molar-refractivity contribution < 1.29 is 32.4 Å². The maximum absolute atomic E-state index is 12.8. The summed E-state index contributed by atoms with van der Waals surface area (Å²) in [7, 11) is 0. The number of carbonyl (C=O) groups is 2. The summed E-state index contributed by atoms with van der Waals surface area (Å²) in [5.41, 5.74) is -0.640. The van der Waals surface area contributed by atoms with Gasteiger partial charge < -0.3 is 20.4 Å². The van der Waals surface area contributed by atoms with Crippen LogP contribution in [-0.4, -0.2) is 41.5 Å². The number of hydrogen-bond acceptors (Lipinski definition) is 6. The summed E-state index contributed by atoms with van der Waals surface area (Å²) >= 11 is 0. The number of aromatic nitrogens is 1. The predicted octanol–water partition coefficient (Wildman–Crippen LogP) is 3.58. The average Bonchev–Trinajstić information content (AvgIpc) is 2.98. The smallest absolute Gasteiger partial charge is 0.416 e. The van der Waals surface area contributed by atoms with E-state index in [4.69, 9.17) is 4.74 Å². The number of nitro benzene ring substituents is 1. The van der Waals surface area contributed by atoms with E-state index in [-0.39, 0.29) is 36.6 Å². The van der Waals surface area contributed by atoms with Crippen LogP contribution in [0.3, 0.4) is 0 Å². The molecule has 12 heteroatoms. The number of benzene rings is 1. The first kappa shape index (κ1) is 23.7. The van der Waals surface area contributed by atoms with Crippen molar-refractivity contribution in [2.24, 2.45) is 0 Å². The summed E-state index contributed by atoms with van der Waals surface area (Å²) in [6.45, 7) is 5.10. The van der Waals surface area contributed by atoms with Crippen LogP contribution in [0.5, 0.6) is 0 Å². The van der Waals surface area contributed by atoms with Gasteiger partial charge in [0.15, 0.2) is 0 Å². The molecule has 168 valence electrons. The number of anilines is 1. The number of carbonyl (C=O) groups excluding carboxylic acids is 2. The average molecular weight is 442 g/mol. The molecular weight excluding hydrogens is 421 g/mol. The highest BCUT2D eigenvalue weighted by molar-refractivity contribution is 6.00. The lowest BCUT2D eigenvalue weighted by atomic mass is 10.1. The van der Waals surface area contributed by atoms with Crippen molar-refractivity contribution in [3.8, 4) is 0 Å². The Morgan fingerprint density at radius 1 is 1.23 bits per heavy atom. The van der Waals surface area contributed by atoms with Crippen LogP contribution in [0.25, 0.3) is 0 Å². The molecule has 0 atom stereocenters. The van der Waals surface area contributed by atoms with Gasteiger partial charge in [0.25, 0.3) is 11.6 Å². The van der Waals surface area contributed by atoms with Crippen LogP contribution in [0.2, 0.25) is 0 Å². The lowest BCUT2D eigenvalue weighted by Gasteiger charge is -2.11. The summed E-state index contributed by atoms with van der Waals surface area (Å²) in [5, 5.41) is 16.3. The van der Waals surface area contributed by atoms with Gasteiger partial charge in [0, 0.05) is 24.8 Å². The standard InChI is InChI=1S/C19H21F3N4O5/c1-4-31-18(28)15-10(2)16(25-11(15)3)17(27)24-8-7-23-13-6-5-12(19(20,21)22)9-14(13)26(29)30/h5-6,9,23,25H,4,7-8H2,1-3H3,(H,24,27). The second kappa shape index (κ2) is 9.49. The van der Waals surface area contributed by atoms with E-state index in [0.717, 1.165) is 12.1 Å². The van der Waals surface area contributed by atoms with E-state index in [1.54, 1.807) is 20.8 Å². The highest BCUT2D eigenvalue weighted by Crippen LogP contribution is 2.34. The van der Waals surface area contributed by atoms with Gasteiger partial charge in [0.05, 0.1) is 22.7 Å². The van der Waals surface area contributed by atoms with E-state index in [1.165, 1.54) is 0 Å². The van der Waals surface area contributed by atoms with Gasteiger partial charge in [0.2, 0.25) is 0 Å². The molecule has 2 rings (SSSR count). The quantitative estimate of drug-likeness (QED) is 0.248. The van der Waals surface area contributed by atoms with E-state index < -0.39 is 34.2 Å². The molecule has 0 saturated carbocycles. The third-order valence-corrected chi connectivity index (χ3v) is 4.39. The first-order valence-electron chi connectivity index (χ1n) is 9.21. The number of H-pyrrole nitrogens is 1. The van der Waals surface area contributed by atoms with Crippen molar-refractivity contribution in [2.75, 3.05) is 25.0 Å². The molecule has 0 radical (unpaired) electrons. The number of nitrogens with one attached hydrogen (secondary N) is 3. The minimum absolute atomic E-state index is 0.0153. The topological polar surface area (TPSA) is 126 Å². The van der Waals surface area contributed by atoms with Crippen LogP contribution in [-0.2, 0) is 10.9 Å². The fourth-order valence-corrected chi connectivity index (χ4v) is 2.96. The second-order valence-corrected chi connectivity index (χ2v) is 6.51. The van der Waals surface area contributed by atoms with Gasteiger partial charge in [-0.1, -0.05) is 0 Å². The van der Waals surface area contributed by atoms with E-state index in [9.17, 15) is 32.9 Å². The number of halogens is 3. The molecule has 0 aliphatic rings. The molecule has 0 aliphatic heterocycles. The number of aryl methyl sites for hydroxylation is 1. The first-order valence-corrected chi connectivity index (χ1v) is 9.21. The number of nitrogens with zero attached hydrogens (tertiary/aromatic N) is 1. The van der Waals surface area contributed by atoms with Crippen LogP contribution in [0.1, 0.15) is 44.6 Å². The number of nitro groups is 1. The van der Waals surface area contributed by atoms with Crippen LogP contribution in [0.4, 0.5) is 24.5 Å². The van der Waals surface area contributed by atoms with Gasteiger partial charge in [0.1, 0.15) is 11.4 Å².